The highest BCUT2D eigenvalue weighted by Gasteiger charge is 2.19. The first-order valence-electron chi connectivity index (χ1n) is 5.87. The van der Waals surface area contributed by atoms with Crippen LogP contribution in [-0.4, -0.2) is 24.2 Å². The van der Waals surface area contributed by atoms with Gasteiger partial charge in [-0.2, -0.15) is 0 Å². The summed E-state index contributed by atoms with van der Waals surface area (Å²) < 4.78 is 12.8. The average Bonchev–Trinajstić information content (AvgIpc) is 2.38. The number of amides is 3. The van der Waals surface area contributed by atoms with Crippen LogP contribution in [0.3, 0.4) is 0 Å². The van der Waals surface area contributed by atoms with E-state index in [1.807, 2.05) is 6.92 Å². The van der Waals surface area contributed by atoms with E-state index in [-0.39, 0.29) is 22.2 Å². The van der Waals surface area contributed by atoms with Crippen molar-refractivity contribution in [1.29, 1.82) is 0 Å². The van der Waals surface area contributed by atoms with Gasteiger partial charge in [-0.15, -0.1) is 11.8 Å². The van der Waals surface area contributed by atoms with Gasteiger partial charge >= 0.3 is 6.03 Å². The Morgan fingerprint density at radius 3 is 2.32 bits per heavy atom. The fourth-order valence-corrected chi connectivity index (χ4v) is 2.57. The Bertz CT molecular complexity index is 450. The van der Waals surface area contributed by atoms with E-state index in [9.17, 15) is 14.0 Å². The summed E-state index contributed by atoms with van der Waals surface area (Å²) >= 11 is 1.40. The van der Waals surface area contributed by atoms with Crippen molar-refractivity contribution in [2.45, 2.75) is 24.3 Å². The molecule has 3 amide bonds. The van der Waals surface area contributed by atoms with E-state index < -0.39 is 6.03 Å². The number of hydrogen-bond donors (Lipinski definition) is 2. The molecule has 1 rings (SSSR count). The summed E-state index contributed by atoms with van der Waals surface area (Å²) in [6.45, 7) is 3.66. The fourth-order valence-electron chi connectivity index (χ4n) is 1.46. The lowest BCUT2D eigenvalue weighted by Gasteiger charge is -2.16. The highest BCUT2D eigenvalue weighted by atomic mass is 32.2. The van der Waals surface area contributed by atoms with Crippen molar-refractivity contribution in [1.82, 2.24) is 10.6 Å². The normalized spacial score (nSPS) is 13.5. The Hall–Kier alpha value is -1.56. The van der Waals surface area contributed by atoms with Crippen LogP contribution >= 0.6 is 11.8 Å². The molecule has 0 unspecified atom stereocenters. The molecule has 0 saturated carbocycles. The van der Waals surface area contributed by atoms with Gasteiger partial charge in [0.05, 0.1) is 5.25 Å². The Morgan fingerprint density at radius 1 is 1.21 bits per heavy atom. The molecule has 0 aliphatic rings. The molecule has 4 nitrogen and oxygen atoms in total. The molecule has 19 heavy (non-hydrogen) atoms. The van der Waals surface area contributed by atoms with Gasteiger partial charge in [-0.25, -0.2) is 9.18 Å². The molecule has 1 aromatic rings. The number of carbonyl (C=O) groups excluding carboxylic acids is 2. The number of imide groups is 1. The minimum Gasteiger partial charge on any atom is -0.341 e. The smallest absolute Gasteiger partial charge is 0.321 e. The molecule has 0 heterocycles. The first-order valence-corrected chi connectivity index (χ1v) is 6.81. The van der Waals surface area contributed by atoms with Crippen molar-refractivity contribution in [2.24, 2.45) is 0 Å². The summed E-state index contributed by atoms with van der Waals surface area (Å²) in [5, 5.41) is 4.20. The number of thioether (sulfide) groups is 1. The first-order chi connectivity index (χ1) is 8.93. The van der Waals surface area contributed by atoms with Crippen molar-refractivity contribution in [2.75, 3.05) is 7.05 Å². The topological polar surface area (TPSA) is 58.2 Å². The second-order valence-corrected chi connectivity index (χ2v) is 5.73. The summed E-state index contributed by atoms with van der Waals surface area (Å²) in [7, 11) is 1.45. The number of urea groups is 1. The fraction of sp³-hybridized carbons (Fsp3) is 0.385. The quantitative estimate of drug-likeness (QED) is 0.893. The van der Waals surface area contributed by atoms with E-state index in [1.54, 1.807) is 19.1 Å². The van der Waals surface area contributed by atoms with Gasteiger partial charge in [0.15, 0.2) is 0 Å². The van der Waals surface area contributed by atoms with Crippen molar-refractivity contribution >= 4 is 23.7 Å². The minimum absolute atomic E-state index is 0.0334. The van der Waals surface area contributed by atoms with Gasteiger partial charge < -0.3 is 5.32 Å². The van der Waals surface area contributed by atoms with Gasteiger partial charge in [-0.05, 0) is 31.5 Å². The van der Waals surface area contributed by atoms with Crippen LogP contribution in [0.15, 0.2) is 24.3 Å². The van der Waals surface area contributed by atoms with Crippen LogP contribution in [0.2, 0.25) is 0 Å². The summed E-state index contributed by atoms with van der Waals surface area (Å²) in [5.41, 5.74) is 0.936. The van der Waals surface area contributed by atoms with E-state index >= 15 is 0 Å². The molecule has 1 aromatic carbocycles. The Kier molecular flexibility index (Phi) is 5.82. The van der Waals surface area contributed by atoms with Crippen LogP contribution in [0.4, 0.5) is 9.18 Å². The van der Waals surface area contributed by atoms with E-state index in [2.05, 4.69) is 10.6 Å². The molecule has 0 saturated heterocycles. The molecule has 0 aliphatic carbocycles. The zero-order valence-electron chi connectivity index (χ0n) is 11.1. The molecule has 0 bridgehead atoms. The lowest BCUT2D eigenvalue weighted by molar-refractivity contribution is -0.119. The highest BCUT2D eigenvalue weighted by molar-refractivity contribution is 8.00. The Morgan fingerprint density at radius 2 is 1.79 bits per heavy atom. The van der Waals surface area contributed by atoms with Gasteiger partial charge in [0.25, 0.3) is 0 Å². The molecule has 2 atom stereocenters. The zero-order chi connectivity index (χ0) is 14.4. The Balaban J connectivity index is 2.56. The second kappa shape index (κ2) is 7.13. The van der Waals surface area contributed by atoms with E-state index in [0.717, 1.165) is 5.56 Å². The monoisotopic (exact) mass is 284 g/mol. The van der Waals surface area contributed by atoms with E-state index in [1.165, 1.54) is 30.9 Å². The molecular formula is C13H17FN2O2S. The maximum atomic E-state index is 12.8. The lowest BCUT2D eigenvalue weighted by atomic mass is 10.2. The van der Waals surface area contributed by atoms with Crippen LogP contribution in [0, 0.1) is 5.82 Å². The predicted molar refractivity (Wildman–Crippen MR) is 74.5 cm³/mol. The van der Waals surface area contributed by atoms with Gasteiger partial charge in [-0.1, -0.05) is 12.1 Å². The second-order valence-electron chi connectivity index (χ2n) is 4.04. The first kappa shape index (κ1) is 15.5. The third kappa shape index (κ3) is 4.90. The number of nitrogens with one attached hydrogen (secondary N) is 2. The standard InChI is InChI=1S/C13H17FN2O2S/c1-8(10-4-6-11(14)7-5-10)19-9(2)12(17)16-13(18)15-3/h4-9H,1-3H3,(H2,15,16,17,18)/t8-,9-/m0/s1. The average molecular weight is 284 g/mol. The van der Waals surface area contributed by atoms with Crippen molar-refractivity contribution in [3.63, 3.8) is 0 Å². The predicted octanol–water partition coefficient (Wildman–Crippen LogP) is 2.46. The summed E-state index contributed by atoms with van der Waals surface area (Å²) in [5.74, 6) is -0.635. The third-order valence-corrected chi connectivity index (χ3v) is 3.88. The molecule has 0 radical (unpaired) electrons. The van der Waals surface area contributed by atoms with Crippen molar-refractivity contribution in [3.8, 4) is 0 Å². The largest absolute Gasteiger partial charge is 0.341 e. The van der Waals surface area contributed by atoms with Crippen molar-refractivity contribution in [3.05, 3.63) is 35.6 Å². The van der Waals surface area contributed by atoms with Gasteiger partial charge in [-0.3, -0.25) is 10.1 Å². The maximum Gasteiger partial charge on any atom is 0.321 e. The minimum atomic E-state index is -0.521. The highest BCUT2D eigenvalue weighted by Crippen LogP contribution is 2.31. The van der Waals surface area contributed by atoms with Gasteiger partial charge in [0.2, 0.25) is 5.91 Å². The molecule has 104 valence electrons. The number of hydrogen-bond acceptors (Lipinski definition) is 3. The van der Waals surface area contributed by atoms with Gasteiger partial charge in [0, 0.05) is 12.3 Å². The zero-order valence-corrected chi connectivity index (χ0v) is 11.9. The van der Waals surface area contributed by atoms with Crippen LogP contribution in [0.1, 0.15) is 24.7 Å². The third-order valence-electron chi connectivity index (χ3n) is 2.58. The van der Waals surface area contributed by atoms with Crippen LogP contribution in [-0.2, 0) is 4.79 Å². The van der Waals surface area contributed by atoms with E-state index in [0.29, 0.717) is 0 Å². The number of carbonyl (C=O) groups is 2. The molecule has 0 aliphatic heterocycles. The summed E-state index contributed by atoms with van der Waals surface area (Å²) in [6.07, 6.45) is 0. The molecule has 2 N–H and O–H groups in total. The van der Waals surface area contributed by atoms with Crippen LogP contribution in [0.5, 0.6) is 0 Å². The number of halogens is 1. The Labute approximate surface area is 116 Å². The molecule has 6 heteroatoms. The van der Waals surface area contributed by atoms with Crippen LogP contribution in [0.25, 0.3) is 0 Å². The summed E-state index contributed by atoms with van der Waals surface area (Å²) in [6, 6.07) is 5.64. The molecule has 0 spiro atoms. The SMILES string of the molecule is CNC(=O)NC(=O)[C@H](C)S[C@@H](C)c1ccc(F)cc1. The number of rotatable bonds is 4. The van der Waals surface area contributed by atoms with Crippen LogP contribution < -0.4 is 10.6 Å². The molecule has 0 aromatic heterocycles. The molecule has 0 fully saturated rings. The van der Waals surface area contributed by atoms with Gasteiger partial charge in [0.1, 0.15) is 5.82 Å². The maximum absolute atomic E-state index is 12.8. The molecular weight excluding hydrogens is 267 g/mol. The van der Waals surface area contributed by atoms with E-state index in [4.69, 9.17) is 0 Å². The lowest BCUT2D eigenvalue weighted by Crippen LogP contribution is -2.41. The number of benzene rings is 1. The summed E-state index contributed by atoms with van der Waals surface area (Å²) in [4.78, 5) is 22.7. The van der Waals surface area contributed by atoms with Crippen molar-refractivity contribution < 1.29 is 14.0 Å².